The predicted octanol–water partition coefficient (Wildman–Crippen LogP) is 4.08. The first-order valence-electron chi connectivity index (χ1n) is 10.8. The SMILES string of the molecule is O=C1C(=O)c2ccc(Br)cc2C2=C1SCC1(CCN(C[C@@H](O)Cc3ccccc3)CC1)O2. The van der Waals surface area contributed by atoms with Crippen molar-refractivity contribution in [1.29, 1.82) is 0 Å². The van der Waals surface area contributed by atoms with Gasteiger partial charge in [-0.15, -0.1) is 11.8 Å². The second kappa shape index (κ2) is 8.78. The zero-order chi connectivity index (χ0) is 22.3. The van der Waals surface area contributed by atoms with Gasteiger partial charge in [0.1, 0.15) is 16.3 Å². The van der Waals surface area contributed by atoms with Crippen LogP contribution in [0.15, 0.2) is 57.9 Å². The molecule has 0 bridgehead atoms. The van der Waals surface area contributed by atoms with Crippen LogP contribution in [0.1, 0.15) is 34.3 Å². The maximum atomic E-state index is 12.6. The molecule has 1 fully saturated rings. The van der Waals surface area contributed by atoms with Crippen LogP contribution >= 0.6 is 27.7 Å². The first-order valence-corrected chi connectivity index (χ1v) is 12.6. The molecule has 2 heterocycles. The van der Waals surface area contributed by atoms with Crippen LogP contribution in [0.25, 0.3) is 5.76 Å². The molecule has 5 rings (SSSR count). The molecule has 2 aromatic rings. The minimum Gasteiger partial charge on any atom is -0.484 e. The van der Waals surface area contributed by atoms with Crippen LogP contribution in [-0.4, -0.2) is 58.7 Å². The third-order valence-electron chi connectivity index (χ3n) is 6.44. The van der Waals surface area contributed by atoms with Gasteiger partial charge in [0.25, 0.3) is 0 Å². The molecule has 0 radical (unpaired) electrons. The summed E-state index contributed by atoms with van der Waals surface area (Å²) in [6, 6.07) is 15.4. The lowest BCUT2D eigenvalue weighted by molar-refractivity contribution is -0.111. The standard InChI is InChI=1S/C25H24BrNO4S/c26-17-6-7-19-20(13-17)23-24(22(30)21(19)29)32-15-25(31-23)8-10-27(11-9-25)14-18(28)12-16-4-2-1-3-5-16/h1-7,13,18,28H,8-12,14-15H2/t18-/m0/s1. The second-order valence-corrected chi connectivity index (χ2v) is 10.6. The van der Waals surface area contributed by atoms with Crippen molar-refractivity contribution in [2.75, 3.05) is 25.4 Å². The number of ether oxygens (including phenoxy) is 1. The van der Waals surface area contributed by atoms with Gasteiger partial charge < -0.3 is 14.7 Å². The summed E-state index contributed by atoms with van der Waals surface area (Å²) in [4.78, 5) is 27.9. The van der Waals surface area contributed by atoms with Gasteiger partial charge in [0.15, 0.2) is 0 Å². The largest absolute Gasteiger partial charge is 0.484 e. The first-order chi connectivity index (χ1) is 15.4. The smallest absolute Gasteiger partial charge is 0.243 e. The molecule has 2 aliphatic heterocycles. The van der Waals surface area contributed by atoms with Crippen LogP contribution in [0.3, 0.4) is 0 Å². The summed E-state index contributed by atoms with van der Waals surface area (Å²) >= 11 is 4.92. The van der Waals surface area contributed by atoms with Crippen LogP contribution in [0, 0.1) is 0 Å². The summed E-state index contributed by atoms with van der Waals surface area (Å²) in [5.41, 5.74) is 1.90. The number of carbonyl (C=O) groups is 2. The van der Waals surface area contributed by atoms with Gasteiger partial charge in [-0.05, 0) is 30.2 Å². The van der Waals surface area contributed by atoms with Gasteiger partial charge >= 0.3 is 0 Å². The van der Waals surface area contributed by atoms with E-state index in [0.717, 1.165) is 36.0 Å². The average Bonchev–Trinajstić information content (AvgIpc) is 2.80. The van der Waals surface area contributed by atoms with E-state index in [2.05, 4.69) is 20.8 Å². The Balaban J connectivity index is 1.27. The van der Waals surface area contributed by atoms with Crippen molar-refractivity contribution in [3.63, 3.8) is 0 Å². The van der Waals surface area contributed by atoms with Crippen molar-refractivity contribution in [1.82, 2.24) is 4.90 Å². The molecule has 1 N–H and O–H groups in total. The molecule has 5 nitrogen and oxygen atoms in total. The van der Waals surface area contributed by atoms with Crippen LogP contribution in [0.5, 0.6) is 0 Å². The van der Waals surface area contributed by atoms with E-state index < -0.39 is 17.7 Å². The van der Waals surface area contributed by atoms with Gasteiger partial charge in [0.2, 0.25) is 11.6 Å². The number of carbonyl (C=O) groups excluding carboxylic acids is 2. The number of thioether (sulfide) groups is 1. The summed E-state index contributed by atoms with van der Waals surface area (Å²) in [6.07, 6.45) is 1.88. The van der Waals surface area contributed by atoms with Gasteiger partial charge in [-0.2, -0.15) is 0 Å². The molecule has 3 aliphatic rings. The summed E-state index contributed by atoms with van der Waals surface area (Å²) in [5, 5.41) is 10.5. The van der Waals surface area contributed by atoms with E-state index >= 15 is 0 Å². The molecular formula is C25H24BrNO4S. The second-order valence-electron chi connectivity index (χ2n) is 8.72. The Bertz CT molecular complexity index is 1090. The number of rotatable bonds is 4. The van der Waals surface area contributed by atoms with E-state index in [1.807, 2.05) is 36.4 Å². The fraction of sp³-hybridized carbons (Fsp3) is 0.360. The molecule has 0 amide bonds. The van der Waals surface area contributed by atoms with Gasteiger partial charge in [0, 0.05) is 53.8 Å². The predicted molar refractivity (Wildman–Crippen MR) is 129 cm³/mol. The van der Waals surface area contributed by atoms with Crippen LogP contribution in [0.4, 0.5) is 0 Å². The Labute approximate surface area is 200 Å². The summed E-state index contributed by atoms with van der Waals surface area (Å²) < 4.78 is 7.39. The van der Waals surface area contributed by atoms with Gasteiger partial charge in [-0.1, -0.05) is 46.3 Å². The number of hydrogen-bond acceptors (Lipinski definition) is 6. The summed E-state index contributed by atoms with van der Waals surface area (Å²) in [7, 11) is 0. The Morgan fingerprint density at radius 2 is 1.81 bits per heavy atom. The van der Waals surface area contributed by atoms with E-state index in [1.165, 1.54) is 11.8 Å². The molecule has 0 aromatic heterocycles. The number of hydrogen-bond donors (Lipinski definition) is 1. The number of aliphatic hydroxyl groups excluding tert-OH is 1. The molecule has 0 saturated carbocycles. The highest BCUT2D eigenvalue weighted by Crippen LogP contribution is 2.47. The number of fused-ring (bicyclic) bond motifs is 2. The van der Waals surface area contributed by atoms with Crippen molar-refractivity contribution < 1.29 is 19.4 Å². The van der Waals surface area contributed by atoms with Gasteiger partial charge in [-0.25, -0.2) is 0 Å². The topological polar surface area (TPSA) is 66.8 Å². The molecule has 1 aliphatic carbocycles. The molecular weight excluding hydrogens is 490 g/mol. The third-order valence-corrected chi connectivity index (χ3v) is 8.26. The van der Waals surface area contributed by atoms with E-state index in [9.17, 15) is 14.7 Å². The number of aliphatic hydroxyl groups is 1. The van der Waals surface area contributed by atoms with E-state index in [-0.39, 0.29) is 5.60 Å². The van der Waals surface area contributed by atoms with Gasteiger partial charge in [-0.3, -0.25) is 9.59 Å². The number of likely N-dealkylation sites (tertiary alicyclic amines) is 1. The van der Waals surface area contributed by atoms with E-state index in [1.54, 1.807) is 12.1 Å². The monoisotopic (exact) mass is 513 g/mol. The van der Waals surface area contributed by atoms with Crippen LogP contribution in [-0.2, 0) is 16.0 Å². The van der Waals surface area contributed by atoms with Crippen LogP contribution < -0.4 is 0 Å². The van der Waals surface area contributed by atoms with E-state index in [0.29, 0.717) is 40.5 Å². The quantitative estimate of drug-likeness (QED) is 0.621. The number of nitrogens with zero attached hydrogens (tertiary/aromatic N) is 1. The fourth-order valence-electron chi connectivity index (χ4n) is 4.67. The number of Topliss-reactive ketones (excluding diaryl/α,β-unsaturated/α-hetero) is 2. The normalized spacial score (nSPS) is 21.2. The van der Waals surface area contributed by atoms with Crippen molar-refractivity contribution in [3.05, 3.63) is 74.6 Å². The Morgan fingerprint density at radius 1 is 1.06 bits per heavy atom. The summed E-state index contributed by atoms with van der Waals surface area (Å²) in [6.45, 7) is 2.29. The molecule has 7 heteroatoms. The van der Waals surface area contributed by atoms with Crippen molar-refractivity contribution in [2.24, 2.45) is 0 Å². The molecule has 1 saturated heterocycles. The lowest BCUT2D eigenvalue weighted by atomic mass is 9.90. The lowest BCUT2D eigenvalue weighted by Gasteiger charge is -2.45. The highest BCUT2D eigenvalue weighted by atomic mass is 79.9. The van der Waals surface area contributed by atoms with Crippen molar-refractivity contribution >= 4 is 45.0 Å². The zero-order valence-electron chi connectivity index (χ0n) is 17.6. The lowest BCUT2D eigenvalue weighted by Crippen LogP contribution is -2.50. The third kappa shape index (κ3) is 4.19. The molecule has 2 aromatic carbocycles. The number of piperidine rings is 1. The molecule has 1 atom stereocenters. The maximum Gasteiger partial charge on any atom is 0.243 e. The number of allylic oxidation sites excluding steroid dienone is 1. The van der Waals surface area contributed by atoms with Crippen molar-refractivity contribution in [2.45, 2.75) is 31.0 Å². The molecule has 0 unspecified atom stereocenters. The average molecular weight is 514 g/mol. The summed E-state index contributed by atoms with van der Waals surface area (Å²) in [5.74, 6) is 0.297. The highest BCUT2D eigenvalue weighted by Gasteiger charge is 2.46. The van der Waals surface area contributed by atoms with Gasteiger partial charge in [0.05, 0.1) is 6.10 Å². The number of benzene rings is 2. The first kappa shape index (κ1) is 21.9. The maximum absolute atomic E-state index is 12.6. The van der Waals surface area contributed by atoms with Crippen LogP contribution in [0.2, 0.25) is 0 Å². The Hall–Kier alpha value is -1.93. The Kier molecular flexibility index (Phi) is 6.01. The minimum atomic E-state index is -0.462. The fourth-order valence-corrected chi connectivity index (χ4v) is 6.30. The number of ketones is 2. The zero-order valence-corrected chi connectivity index (χ0v) is 20.0. The molecule has 1 spiro atoms. The number of β-amino-alcohol motifs (C(OH)–C–C–N with tert-alkyl or cyclic N) is 1. The Morgan fingerprint density at radius 3 is 2.56 bits per heavy atom. The number of halogens is 1. The molecule has 32 heavy (non-hydrogen) atoms. The molecule has 166 valence electrons. The van der Waals surface area contributed by atoms with Crippen molar-refractivity contribution in [3.8, 4) is 0 Å². The minimum absolute atomic E-state index is 0.357. The van der Waals surface area contributed by atoms with E-state index in [4.69, 9.17) is 4.74 Å². The highest BCUT2D eigenvalue weighted by molar-refractivity contribution is 9.10.